The number of fused-ring (bicyclic) bond motifs is 1. The molecule has 0 bridgehead atoms. The molecular weight excluding hydrogens is 282 g/mol. The van der Waals surface area contributed by atoms with Crippen molar-refractivity contribution in [1.29, 1.82) is 0 Å². The summed E-state index contributed by atoms with van der Waals surface area (Å²) < 4.78 is 2.48. The van der Waals surface area contributed by atoms with Crippen molar-refractivity contribution in [3.63, 3.8) is 0 Å². The Kier molecular flexibility index (Phi) is 2.29. The minimum Gasteiger partial charge on any atom is -0.399 e. The van der Waals surface area contributed by atoms with Gasteiger partial charge in [0.1, 0.15) is 0 Å². The Balaban J connectivity index is 2.18. The Bertz CT molecular complexity index is 691. The molecular formula is C11H8BrN5. The standard InChI is InChI=1S/C11H8BrN5/c12-8-5-14-11-15-10(16-17(11)6-8)7-2-1-3-9(13)4-7/h1-6H,13H2. The third-order valence-electron chi connectivity index (χ3n) is 2.31. The van der Waals surface area contributed by atoms with Crippen LogP contribution in [0, 0.1) is 0 Å². The lowest BCUT2D eigenvalue weighted by Gasteiger charge is -1.95. The summed E-state index contributed by atoms with van der Waals surface area (Å²) in [6, 6.07) is 7.46. The van der Waals surface area contributed by atoms with E-state index in [1.165, 1.54) is 0 Å². The Morgan fingerprint density at radius 3 is 3.00 bits per heavy atom. The van der Waals surface area contributed by atoms with Gasteiger partial charge in [-0.05, 0) is 28.1 Å². The van der Waals surface area contributed by atoms with Gasteiger partial charge in [0.15, 0.2) is 5.82 Å². The van der Waals surface area contributed by atoms with Gasteiger partial charge >= 0.3 is 0 Å². The Labute approximate surface area is 105 Å². The zero-order chi connectivity index (χ0) is 11.8. The maximum atomic E-state index is 5.73. The molecule has 3 rings (SSSR count). The van der Waals surface area contributed by atoms with Crippen molar-refractivity contribution in [3.8, 4) is 11.4 Å². The first kappa shape index (κ1) is 10.2. The van der Waals surface area contributed by atoms with Gasteiger partial charge in [0, 0.05) is 23.6 Å². The minimum absolute atomic E-state index is 0.561. The maximum absolute atomic E-state index is 5.73. The number of nitrogens with two attached hydrogens (primary N) is 1. The highest BCUT2D eigenvalue weighted by molar-refractivity contribution is 9.10. The van der Waals surface area contributed by atoms with Crippen LogP contribution in [0.5, 0.6) is 0 Å². The average molecular weight is 290 g/mol. The van der Waals surface area contributed by atoms with Crippen LogP contribution in [-0.2, 0) is 0 Å². The molecule has 0 aliphatic heterocycles. The van der Waals surface area contributed by atoms with Gasteiger partial charge < -0.3 is 5.73 Å². The lowest BCUT2D eigenvalue weighted by Crippen LogP contribution is -1.89. The summed E-state index contributed by atoms with van der Waals surface area (Å²) in [6.07, 6.45) is 3.50. The number of nitrogens with zero attached hydrogens (tertiary/aromatic N) is 4. The summed E-state index contributed by atoms with van der Waals surface area (Å²) in [7, 11) is 0. The molecule has 2 aromatic heterocycles. The maximum Gasteiger partial charge on any atom is 0.252 e. The first-order chi connectivity index (χ1) is 8.22. The van der Waals surface area contributed by atoms with Gasteiger partial charge in [-0.15, -0.1) is 5.10 Å². The summed E-state index contributed by atoms with van der Waals surface area (Å²) in [5.74, 6) is 1.17. The van der Waals surface area contributed by atoms with Crippen molar-refractivity contribution >= 4 is 27.4 Å². The quantitative estimate of drug-likeness (QED) is 0.697. The highest BCUT2D eigenvalue weighted by atomic mass is 79.9. The highest BCUT2D eigenvalue weighted by Crippen LogP contribution is 2.18. The van der Waals surface area contributed by atoms with Crippen LogP contribution >= 0.6 is 15.9 Å². The monoisotopic (exact) mass is 289 g/mol. The molecule has 0 amide bonds. The average Bonchev–Trinajstić information content (AvgIpc) is 2.72. The minimum atomic E-state index is 0.561. The highest BCUT2D eigenvalue weighted by Gasteiger charge is 2.07. The largest absolute Gasteiger partial charge is 0.399 e. The first-order valence-corrected chi connectivity index (χ1v) is 5.75. The molecule has 0 fully saturated rings. The fourth-order valence-corrected chi connectivity index (χ4v) is 1.86. The van der Waals surface area contributed by atoms with Gasteiger partial charge in [-0.3, -0.25) is 0 Å². The zero-order valence-electron chi connectivity index (χ0n) is 8.71. The van der Waals surface area contributed by atoms with Crippen LogP contribution in [0.4, 0.5) is 5.69 Å². The molecule has 84 valence electrons. The van der Waals surface area contributed by atoms with E-state index in [0.717, 1.165) is 10.0 Å². The molecule has 5 nitrogen and oxygen atoms in total. The number of halogens is 1. The van der Waals surface area contributed by atoms with Crippen LogP contribution in [0.2, 0.25) is 0 Å². The SMILES string of the molecule is Nc1cccc(-c2nc3ncc(Br)cn3n2)c1. The topological polar surface area (TPSA) is 69.1 Å². The number of aromatic nitrogens is 4. The van der Waals surface area contributed by atoms with Crippen molar-refractivity contribution in [3.05, 3.63) is 41.1 Å². The predicted octanol–water partition coefficient (Wildman–Crippen LogP) is 2.14. The second-order valence-electron chi connectivity index (χ2n) is 3.58. The molecule has 0 aliphatic carbocycles. The zero-order valence-corrected chi connectivity index (χ0v) is 10.3. The van der Waals surface area contributed by atoms with Gasteiger partial charge in [0.2, 0.25) is 0 Å². The summed E-state index contributed by atoms with van der Waals surface area (Å²) in [6.45, 7) is 0. The van der Waals surface area contributed by atoms with Crippen molar-refractivity contribution in [2.45, 2.75) is 0 Å². The van der Waals surface area contributed by atoms with E-state index in [4.69, 9.17) is 5.73 Å². The summed E-state index contributed by atoms with van der Waals surface area (Å²) in [4.78, 5) is 8.49. The number of nitrogen functional groups attached to an aromatic ring is 1. The molecule has 0 atom stereocenters. The lowest BCUT2D eigenvalue weighted by atomic mass is 10.2. The van der Waals surface area contributed by atoms with E-state index in [1.54, 1.807) is 10.7 Å². The van der Waals surface area contributed by atoms with Gasteiger partial charge in [0.25, 0.3) is 5.78 Å². The summed E-state index contributed by atoms with van der Waals surface area (Å²) in [5, 5.41) is 4.34. The lowest BCUT2D eigenvalue weighted by molar-refractivity contribution is 0.936. The van der Waals surface area contributed by atoms with E-state index >= 15 is 0 Å². The van der Waals surface area contributed by atoms with Crippen molar-refractivity contribution in [2.75, 3.05) is 5.73 Å². The van der Waals surface area contributed by atoms with Gasteiger partial charge in [-0.25, -0.2) is 9.50 Å². The van der Waals surface area contributed by atoms with Crippen LogP contribution in [0.25, 0.3) is 17.2 Å². The van der Waals surface area contributed by atoms with Crippen LogP contribution < -0.4 is 5.73 Å². The van der Waals surface area contributed by atoms with Gasteiger partial charge in [-0.2, -0.15) is 4.98 Å². The molecule has 0 spiro atoms. The smallest absolute Gasteiger partial charge is 0.252 e. The summed E-state index contributed by atoms with van der Waals surface area (Å²) in [5.41, 5.74) is 7.30. The third kappa shape index (κ3) is 1.87. The molecule has 0 saturated heterocycles. The fraction of sp³-hybridized carbons (Fsp3) is 0. The molecule has 1 aromatic carbocycles. The molecule has 17 heavy (non-hydrogen) atoms. The molecule has 3 aromatic rings. The molecule has 0 radical (unpaired) electrons. The normalized spacial score (nSPS) is 10.9. The third-order valence-corrected chi connectivity index (χ3v) is 2.72. The molecule has 2 heterocycles. The molecule has 2 N–H and O–H groups in total. The molecule has 0 saturated carbocycles. The van der Waals surface area contributed by atoms with E-state index in [-0.39, 0.29) is 0 Å². The van der Waals surface area contributed by atoms with E-state index in [9.17, 15) is 0 Å². The summed E-state index contributed by atoms with van der Waals surface area (Å²) >= 11 is 3.34. The van der Waals surface area contributed by atoms with Crippen LogP contribution in [0.3, 0.4) is 0 Å². The number of rotatable bonds is 1. The van der Waals surface area contributed by atoms with Gasteiger partial charge in [0.05, 0.1) is 4.47 Å². The van der Waals surface area contributed by atoms with Gasteiger partial charge in [-0.1, -0.05) is 12.1 Å². The molecule has 6 heteroatoms. The van der Waals surface area contributed by atoms with Crippen molar-refractivity contribution < 1.29 is 0 Å². The molecule has 0 unspecified atom stereocenters. The number of hydrogen-bond donors (Lipinski definition) is 1. The van der Waals surface area contributed by atoms with Crippen LogP contribution in [0.1, 0.15) is 0 Å². The predicted molar refractivity (Wildman–Crippen MR) is 68.3 cm³/mol. The number of benzene rings is 1. The number of hydrogen-bond acceptors (Lipinski definition) is 4. The van der Waals surface area contributed by atoms with Crippen LogP contribution in [-0.4, -0.2) is 19.6 Å². The Morgan fingerprint density at radius 1 is 1.29 bits per heavy atom. The Hall–Kier alpha value is -1.95. The van der Waals surface area contributed by atoms with E-state index < -0.39 is 0 Å². The first-order valence-electron chi connectivity index (χ1n) is 4.96. The van der Waals surface area contributed by atoms with E-state index in [1.807, 2.05) is 30.5 Å². The van der Waals surface area contributed by atoms with Crippen molar-refractivity contribution in [2.24, 2.45) is 0 Å². The van der Waals surface area contributed by atoms with E-state index in [0.29, 0.717) is 17.3 Å². The fourth-order valence-electron chi connectivity index (χ4n) is 1.56. The second kappa shape index (κ2) is 3.81. The second-order valence-corrected chi connectivity index (χ2v) is 4.49. The van der Waals surface area contributed by atoms with Crippen LogP contribution in [0.15, 0.2) is 41.1 Å². The van der Waals surface area contributed by atoms with Crippen molar-refractivity contribution in [1.82, 2.24) is 19.6 Å². The number of anilines is 1. The van der Waals surface area contributed by atoms with E-state index in [2.05, 4.69) is 31.0 Å². The molecule has 0 aliphatic rings. The Morgan fingerprint density at radius 2 is 2.18 bits per heavy atom.